The third-order valence-electron chi connectivity index (χ3n) is 2.57. The number of rotatable bonds is 7. The highest BCUT2D eigenvalue weighted by Gasteiger charge is 2.08. The number of hydrogen-bond donors (Lipinski definition) is 2. The minimum atomic E-state index is -0.375. The lowest BCUT2D eigenvalue weighted by molar-refractivity contribution is 0.266. The zero-order valence-corrected chi connectivity index (χ0v) is 11.6. The Bertz CT molecular complexity index is 432. The Morgan fingerprint density at radius 1 is 1.56 bits per heavy atom. The average molecular weight is 274 g/mol. The molecule has 0 aliphatic rings. The Morgan fingerprint density at radius 3 is 2.89 bits per heavy atom. The third-order valence-corrected chi connectivity index (χ3v) is 2.94. The maximum Gasteiger partial charge on any atom is 0.287 e. The quantitative estimate of drug-likeness (QED) is 0.743. The van der Waals surface area contributed by atoms with Gasteiger partial charge in [-0.2, -0.15) is 5.10 Å². The predicted octanol–water partition coefficient (Wildman–Crippen LogP) is 1.74. The van der Waals surface area contributed by atoms with Crippen LogP contribution in [-0.2, 0) is 6.54 Å². The van der Waals surface area contributed by atoms with Gasteiger partial charge < -0.3 is 10.4 Å². The van der Waals surface area contributed by atoms with Crippen LogP contribution in [0.5, 0.6) is 0 Å². The van der Waals surface area contributed by atoms with Crippen molar-refractivity contribution in [2.75, 3.05) is 18.5 Å². The minimum Gasteiger partial charge on any atom is -0.394 e. The van der Waals surface area contributed by atoms with Gasteiger partial charge in [-0.05, 0) is 18.8 Å². The Labute approximate surface area is 112 Å². The Kier molecular flexibility index (Phi) is 6.15. The maximum absolute atomic E-state index is 11.7. The Morgan fingerprint density at radius 2 is 2.28 bits per heavy atom. The number of halogens is 1. The Hall–Kier alpha value is -1.07. The molecule has 0 fully saturated rings. The van der Waals surface area contributed by atoms with Crippen molar-refractivity contribution in [3.63, 3.8) is 0 Å². The molecule has 0 aliphatic heterocycles. The summed E-state index contributed by atoms with van der Waals surface area (Å²) in [6.07, 6.45) is 3.67. The first-order valence-electron chi connectivity index (χ1n) is 6.16. The first kappa shape index (κ1) is 15.0. The van der Waals surface area contributed by atoms with E-state index in [1.807, 2.05) is 0 Å². The molecule has 18 heavy (non-hydrogen) atoms. The second-order valence-electron chi connectivity index (χ2n) is 4.59. The fourth-order valence-electron chi connectivity index (χ4n) is 1.58. The molecule has 0 saturated carbocycles. The molecule has 0 aliphatic carbocycles. The molecule has 1 heterocycles. The van der Waals surface area contributed by atoms with Gasteiger partial charge in [0.2, 0.25) is 0 Å². The monoisotopic (exact) mass is 273 g/mol. The highest BCUT2D eigenvalue weighted by atomic mass is 35.5. The fourth-order valence-corrected chi connectivity index (χ4v) is 1.79. The first-order valence-corrected chi connectivity index (χ1v) is 6.54. The largest absolute Gasteiger partial charge is 0.394 e. The molecule has 0 saturated heterocycles. The first-order chi connectivity index (χ1) is 8.56. The van der Waals surface area contributed by atoms with Crippen LogP contribution in [0.25, 0.3) is 0 Å². The SMILES string of the molecule is CC(C)CCCNc1cnn(CCO)c(=O)c1Cl. The zero-order valence-electron chi connectivity index (χ0n) is 10.8. The van der Waals surface area contributed by atoms with Crippen LogP contribution < -0.4 is 10.9 Å². The van der Waals surface area contributed by atoms with Gasteiger partial charge in [-0.3, -0.25) is 4.79 Å². The van der Waals surface area contributed by atoms with E-state index in [1.165, 1.54) is 6.20 Å². The molecule has 1 aromatic rings. The number of aliphatic hydroxyl groups excluding tert-OH is 1. The fraction of sp³-hybridized carbons (Fsp3) is 0.667. The third kappa shape index (κ3) is 4.31. The van der Waals surface area contributed by atoms with Gasteiger partial charge in [0.15, 0.2) is 0 Å². The van der Waals surface area contributed by atoms with Gasteiger partial charge in [-0.25, -0.2) is 4.68 Å². The number of aliphatic hydroxyl groups is 1. The van der Waals surface area contributed by atoms with Crippen molar-refractivity contribution in [2.24, 2.45) is 5.92 Å². The van der Waals surface area contributed by atoms with Gasteiger partial charge in [-0.1, -0.05) is 25.4 Å². The number of aromatic nitrogens is 2. The van der Waals surface area contributed by atoms with E-state index in [-0.39, 0.29) is 23.7 Å². The zero-order chi connectivity index (χ0) is 13.5. The van der Waals surface area contributed by atoms with E-state index >= 15 is 0 Å². The van der Waals surface area contributed by atoms with Crippen LogP contribution >= 0.6 is 11.6 Å². The van der Waals surface area contributed by atoms with Crippen molar-refractivity contribution in [1.82, 2.24) is 9.78 Å². The van der Waals surface area contributed by atoms with Gasteiger partial charge in [-0.15, -0.1) is 0 Å². The lowest BCUT2D eigenvalue weighted by Crippen LogP contribution is -2.25. The maximum atomic E-state index is 11.7. The molecule has 0 radical (unpaired) electrons. The van der Waals surface area contributed by atoms with Crippen LogP contribution in [0.1, 0.15) is 26.7 Å². The number of nitrogens with zero attached hydrogens (tertiary/aromatic N) is 2. The van der Waals surface area contributed by atoms with Crippen molar-refractivity contribution >= 4 is 17.3 Å². The standard InChI is InChI=1S/C12H20ClN3O2/c1-9(2)4-3-5-14-10-8-15-16(6-7-17)12(18)11(10)13/h8-9,14,17H,3-7H2,1-2H3. The number of nitrogens with one attached hydrogen (secondary N) is 1. The van der Waals surface area contributed by atoms with E-state index in [1.54, 1.807) is 0 Å². The molecule has 0 unspecified atom stereocenters. The van der Waals surface area contributed by atoms with Crippen molar-refractivity contribution < 1.29 is 5.11 Å². The summed E-state index contributed by atoms with van der Waals surface area (Å²) >= 11 is 5.96. The number of hydrogen-bond acceptors (Lipinski definition) is 4. The summed E-state index contributed by atoms with van der Waals surface area (Å²) in [5.41, 5.74) is 0.180. The van der Waals surface area contributed by atoms with Gasteiger partial charge in [0.1, 0.15) is 5.02 Å². The summed E-state index contributed by atoms with van der Waals surface area (Å²) in [5.74, 6) is 0.665. The van der Waals surface area contributed by atoms with Crippen LogP contribution in [0.2, 0.25) is 5.02 Å². The van der Waals surface area contributed by atoms with Crippen LogP contribution in [0, 0.1) is 5.92 Å². The molecule has 102 valence electrons. The normalized spacial score (nSPS) is 10.9. The van der Waals surface area contributed by atoms with Gasteiger partial charge in [0.05, 0.1) is 25.0 Å². The van der Waals surface area contributed by atoms with Crippen LogP contribution in [0.4, 0.5) is 5.69 Å². The highest BCUT2D eigenvalue weighted by Crippen LogP contribution is 2.15. The second-order valence-corrected chi connectivity index (χ2v) is 4.96. The lowest BCUT2D eigenvalue weighted by atomic mass is 10.1. The summed E-state index contributed by atoms with van der Waals surface area (Å²) in [7, 11) is 0. The molecular weight excluding hydrogens is 254 g/mol. The summed E-state index contributed by atoms with van der Waals surface area (Å²) in [4.78, 5) is 11.7. The van der Waals surface area contributed by atoms with Crippen molar-refractivity contribution in [2.45, 2.75) is 33.2 Å². The smallest absolute Gasteiger partial charge is 0.287 e. The number of anilines is 1. The molecule has 5 nitrogen and oxygen atoms in total. The molecular formula is C12H20ClN3O2. The molecule has 0 atom stereocenters. The lowest BCUT2D eigenvalue weighted by Gasteiger charge is -2.10. The molecule has 0 amide bonds. The molecule has 2 N–H and O–H groups in total. The van der Waals surface area contributed by atoms with Crippen molar-refractivity contribution in [3.8, 4) is 0 Å². The van der Waals surface area contributed by atoms with Crippen LogP contribution in [0.3, 0.4) is 0 Å². The van der Waals surface area contributed by atoms with E-state index in [2.05, 4.69) is 24.3 Å². The van der Waals surface area contributed by atoms with E-state index in [0.29, 0.717) is 11.6 Å². The van der Waals surface area contributed by atoms with Crippen molar-refractivity contribution in [1.29, 1.82) is 0 Å². The molecule has 1 rings (SSSR count). The van der Waals surface area contributed by atoms with Crippen LogP contribution in [0.15, 0.2) is 11.0 Å². The molecule has 6 heteroatoms. The molecule has 1 aromatic heterocycles. The molecule has 0 bridgehead atoms. The second kappa shape index (κ2) is 7.38. The summed E-state index contributed by atoms with van der Waals surface area (Å²) < 4.78 is 1.15. The van der Waals surface area contributed by atoms with Gasteiger partial charge in [0.25, 0.3) is 5.56 Å². The molecule has 0 spiro atoms. The van der Waals surface area contributed by atoms with E-state index in [0.717, 1.165) is 24.1 Å². The van der Waals surface area contributed by atoms with Crippen LogP contribution in [-0.4, -0.2) is 28.0 Å². The summed E-state index contributed by atoms with van der Waals surface area (Å²) in [6.45, 7) is 5.13. The highest BCUT2D eigenvalue weighted by molar-refractivity contribution is 6.32. The molecule has 0 aromatic carbocycles. The topological polar surface area (TPSA) is 67.2 Å². The summed E-state index contributed by atoms with van der Waals surface area (Å²) in [5, 5.41) is 15.9. The average Bonchev–Trinajstić information content (AvgIpc) is 2.33. The van der Waals surface area contributed by atoms with Gasteiger partial charge >= 0.3 is 0 Å². The summed E-state index contributed by atoms with van der Waals surface area (Å²) in [6, 6.07) is 0. The van der Waals surface area contributed by atoms with Crippen molar-refractivity contribution in [3.05, 3.63) is 21.6 Å². The van der Waals surface area contributed by atoms with E-state index in [4.69, 9.17) is 16.7 Å². The minimum absolute atomic E-state index is 0.128. The Balaban J connectivity index is 2.62. The van der Waals surface area contributed by atoms with E-state index in [9.17, 15) is 4.79 Å². The predicted molar refractivity (Wildman–Crippen MR) is 73.2 cm³/mol. The van der Waals surface area contributed by atoms with Gasteiger partial charge in [0, 0.05) is 6.54 Å². The van der Waals surface area contributed by atoms with E-state index < -0.39 is 0 Å².